The number of amides is 1. The molecule has 0 fully saturated rings. The van der Waals surface area contributed by atoms with Gasteiger partial charge in [-0.1, -0.05) is 0 Å². The molecule has 1 aliphatic heterocycles. The van der Waals surface area contributed by atoms with Crippen molar-refractivity contribution in [1.82, 2.24) is 19.7 Å². The number of aryl methyl sites for hydroxylation is 3. The highest BCUT2D eigenvalue weighted by molar-refractivity contribution is 7.92. The second-order valence-electron chi connectivity index (χ2n) is 8.15. The molecular weight excluding hydrogens is 468 g/mol. The summed E-state index contributed by atoms with van der Waals surface area (Å²) in [6.45, 7) is 3.84. The minimum absolute atomic E-state index is 0.0710. The summed E-state index contributed by atoms with van der Waals surface area (Å²) in [5.41, 5.74) is 3.64. The third-order valence-corrected chi connectivity index (χ3v) is 6.84. The number of hydrogen-bond acceptors (Lipinski definition) is 7. The minimum atomic E-state index is -3.80. The third-order valence-electron chi connectivity index (χ3n) is 5.47. The number of nitrogens with one attached hydrogen (secondary N) is 2. The summed E-state index contributed by atoms with van der Waals surface area (Å²) in [5.74, 6) is 1.32. The maximum absolute atomic E-state index is 12.9. The van der Waals surface area contributed by atoms with Gasteiger partial charge in [0.15, 0.2) is 5.82 Å². The lowest BCUT2D eigenvalue weighted by atomic mass is 10.0. The quantitative estimate of drug-likeness (QED) is 0.421. The molecule has 178 valence electrons. The van der Waals surface area contributed by atoms with Crippen LogP contribution in [0.25, 0.3) is 5.82 Å². The van der Waals surface area contributed by atoms with Crippen LogP contribution in [0.1, 0.15) is 23.4 Å². The van der Waals surface area contributed by atoms with E-state index in [1.807, 2.05) is 19.9 Å². The zero-order valence-electron chi connectivity index (χ0n) is 19.0. The fourth-order valence-electron chi connectivity index (χ4n) is 3.82. The van der Waals surface area contributed by atoms with E-state index in [4.69, 9.17) is 4.74 Å². The van der Waals surface area contributed by atoms with Gasteiger partial charge in [0.1, 0.15) is 12.1 Å². The number of carbonyl (C=O) groups is 1. The third kappa shape index (κ3) is 4.85. The molecule has 0 atom stereocenters. The van der Waals surface area contributed by atoms with Crippen molar-refractivity contribution in [3.8, 4) is 17.4 Å². The van der Waals surface area contributed by atoms with Crippen LogP contribution in [-0.2, 0) is 21.2 Å². The molecule has 0 unspecified atom stereocenters. The second kappa shape index (κ2) is 8.84. The Morgan fingerprint density at radius 1 is 1.00 bits per heavy atom. The van der Waals surface area contributed by atoms with Crippen LogP contribution in [0.3, 0.4) is 0 Å². The second-order valence-corrected chi connectivity index (χ2v) is 9.83. The molecule has 5 rings (SSSR count). The molecule has 0 saturated heterocycles. The predicted molar refractivity (Wildman–Crippen MR) is 129 cm³/mol. The van der Waals surface area contributed by atoms with Gasteiger partial charge >= 0.3 is 0 Å². The SMILES string of the molecule is Cc1cc(C)n(-c2cc(Oc3ccc(NS(=O)(=O)c4ccc5c(c4)CCC(=O)N5)cc3)ncn2)n1. The summed E-state index contributed by atoms with van der Waals surface area (Å²) < 4.78 is 35.8. The van der Waals surface area contributed by atoms with Crippen molar-refractivity contribution >= 4 is 27.3 Å². The van der Waals surface area contributed by atoms with Crippen LogP contribution in [0.2, 0.25) is 0 Å². The van der Waals surface area contributed by atoms with Crippen molar-refractivity contribution in [2.45, 2.75) is 31.6 Å². The Hall–Kier alpha value is -4.25. The number of carbonyl (C=O) groups excluding carboxylic acids is 1. The molecule has 2 aromatic heterocycles. The lowest BCUT2D eigenvalue weighted by Gasteiger charge is -2.18. The highest BCUT2D eigenvalue weighted by Crippen LogP contribution is 2.28. The molecule has 0 spiro atoms. The van der Waals surface area contributed by atoms with E-state index in [1.54, 1.807) is 47.1 Å². The minimum Gasteiger partial charge on any atom is -0.439 e. The number of ether oxygens (including phenoxy) is 1. The first kappa shape index (κ1) is 22.5. The predicted octanol–water partition coefficient (Wildman–Crippen LogP) is 3.76. The molecule has 2 aromatic carbocycles. The monoisotopic (exact) mass is 490 g/mol. The zero-order chi connectivity index (χ0) is 24.6. The van der Waals surface area contributed by atoms with E-state index < -0.39 is 10.0 Å². The fourth-order valence-corrected chi connectivity index (χ4v) is 4.92. The number of benzene rings is 2. The van der Waals surface area contributed by atoms with E-state index in [0.29, 0.717) is 41.7 Å². The molecule has 0 aliphatic carbocycles. The highest BCUT2D eigenvalue weighted by Gasteiger charge is 2.20. The van der Waals surface area contributed by atoms with E-state index in [1.165, 1.54) is 12.4 Å². The number of sulfonamides is 1. The van der Waals surface area contributed by atoms with Gasteiger partial charge in [-0.25, -0.2) is 23.1 Å². The smallest absolute Gasteiger partial charge is 0.261 e. The Balaban J connectivity index is 1.29. The van der Waals surface area contributed by atoms with Gasteiger partial charge in [-0.3, -0.25) is 9.52 Å². The van der Waals surface area contributed by atoms with Crippen molar-refractivity contribution in [3.05, 3.63) is 77.9 Å². The van der Waals surface area contributed by atoms with Gasteiger partial charge in [-0.15, -0.1) is 0 Å². The Bertz CT molecular complexity index is 1530. The average Bonchev–Trinajstić information content (AvgIpc) is 3.18. The molecule has 0 saturated carbocycles. The lowest BCUT2D eigenvalue weighted by molar-refractivity contribution is -0.116. The molecule has 4 aromatic rings. The van der Waals surface area contributed by atoms with Gasteiger partial charge in [-0.05, 0) is 74.4 Å². The Morgan fingerprint density at radius 3 is 2.54 bits per heavy atom. The van der Waals surface area contributed by atoms with Gasteiger partial charge in [0.25, 0.3) is 10.0 Å². The Morgan fingerprint density at radius 2 is 1.80 bits per heavy atom. The molecule has 0 bridgehead atoms. The lowest BCUT2D eigenvalue weighted by Crippen LogP contribution is -2.20. The van der Waals surface area contributed by atoms with E-state index in [-0.39, 0.29) is 10.8 Å². The molecule has 3 heterocycles. The van der Waals surface area contributed by atoms with Crippen molar-refractivity contribution < 1.29 is 17.9 Å². The van der Waals surface area contributed by atoms with Crippen molar-refractivity contribution in [1.29, 1.82) is 0 Å². The van der Waals surface area contributed by atoms with Crippen molar-refractivity contribution in [3.63, 3.8) is 0 Å². The first-order valence-corrected chi connectivity index (χ1v) is 12.3. The van der Waals surface area contributed by atoms with E-state index >= 15 is 0 Å². The van der Waals surface area contributed by atoms with Crippen molar-refractivity contribution in [2.24, 2.45) is 0 Å². The van der Waals surface area contributed by atoms with Crippen LogP contribution in [0.15, 0.2) is 65.8 Å². The summed E-state index contributed by atoms with van der Waals surface area (Å²) in [6.07, 6.45) is 2.23. The average molecular weight is 491 g/mol. The van der Waals surface area contributed by atoms with Gasteiger partial charge in [0.2, 0.25) is 11.8 Å². The molecule has 10 nitrogen and oxygen atoms in total. The van der Waals surface area contributed by atoms with Crippen LogP contribution in [0.5, 0.6) is 11.6 Å². The number of fused-ring (bicyclic) bond motifs is 1. The summed E-state index contributed by atoms with van der Waals surface area (Å²) in [7, 11) is -3.80. The maximum atomic E-state index is 12.9. The first-order chi connectivity index (χ1) is 16.8. The Kier molecular flexibility index (Phi) is 5.69. The van der Waals surface area contributed by atoms with Gasteiger partial charge in [0, 0.05) is 29.6 Å². The summed E-state index contributed by atoms with van der Waals surface area (Å²) in [6, 6.07) is 14.8. The van der Waals surface area contributed by atoms with Crippen LogP contribution in [0, 0.1) is 13.8 Å². The van der Waals surface area contributed by atoms with Crippen LogP contribution in [-0.4, -0.2) is 34.1 Å². The first-order valence-electron chi connectivity index (χ1n) is 10.9. The number of nitrogens with zero attached hydrogens (tertiary/aromatic N) is 4. The topological polar surface area (TPSA) is 128 Å². The number of anilines is 2. The van der Waals surface area contributed by atoms with E-state index in [9.17, 15) is 13.2 Å². The number of aromatic nitrogens is 4. The van der Waals surface area contributed by atoms with Gasteiger partial charge < -0.3 is 10.1 Å². The number of hydrogen-bond donors (Lipinski definition) is 2. The normalized spacial score (nSPS) is 13.1. The molecule has 0 radical (unpaired) electrons. The fraction of sp³-hybridized carbons (Fsp3) is 0.167. The Labute approximate surface area is 202 Å². The van der Waals surface area contributed by atoms with Crippen LogP contribution in [0.4, 0.5) is 11.4 Å². The van der Waals surface area contributed by atoms with Crippen LogP contribution >= 0.6 is 0 Å². The highest BCUT2D eigenvalue weighted by atomic mass is 32.2. The standard InChI is InChI=1S/C24H22N6O4S/c1-15-11-16(2)30(28-15)22-13-24(26-14-25-22)34-19-6-4-18(5-7-19)29-35(32,33)20-8-9-21-17(12-20)3-10-23(31)27-21/h4-9,11-14,29H,3,10H2,1-2H3,(H,27,31). The summed E-state index contributed by atoms with van der Waals surface area (Å²) in [5, 5.41) is 7.16. The maximum Gasteiger partial charge on any atom is 0.261 e. The molecule has 11 heteroatoms. The van der Waals surface area contributed by atoms with Gasteiger partial charge in [0.05, 0.1) is 10.6 Å². The molecule has 35 heavy (non-hydrogen) atoms. The number of rotatable bonds is 6. The van der Waals surface area contributed by atoms with Crippen molar-refractivity contribution in [2.75, 3.05) is 10.0 Å². The van der Waals surface area contributed by atoms with Crippen LogP contribution < -0.4 is 14.8 Å². The van der Waals surface area contributed by atoms with E-state index in [2.05, 4.69) is 25.1 Å². The zero-order valence-corrected chi connectivity index (χ0v) is 19.8. The van der Waals surface area contributed by atoms with Gasteiger partial charge in [-0.2, -0.15) is 5.10 Å². The molecular formula is C24H22N6O4S. The summed E-state index contributed by atoms with van der Waals surface area (Å²) >= 11 is 0. The van der Waals surface area contributed by atoms with E-state index in [0.717, 1.165) is 17.0 Å². The summed E-state index contributed by atoms with van der Waals surface area (Å²) in [4.78, 5) is 20.1. The molecule has 1 aliphatic rings. The largest absolute Gasteiger partial charge is 0.439 e. The molecule has 2 N–H and O–H groups in total. The molecule has 1 amide bonds.